The molecule has 5 nitrogen and oxygen atoms in total. The number of carbonyl (C=O) groups excluding carboxylic acids is 2. The average Bonchev–Trinajstić information content (AvgIpc) is 2.62. The zero-order chi connectivity index (χ0) is 18.4. The van der Waals surface area contributed by atoms with Crippen molar-refractivity contribution in [3.63, 3.8) is 0 Å². The summed E-state index contributed by atoms with van der Waals surface area (Å²) in [5.74, 6) is 0.302. The van der Waals surface area contributed by atoms with Crippen LogP contribution in [0.3, 0.4) is 0 Å². The molecule has 0 spiro atoms. The Hall–Kier alpha value is -2.82. The Balaban J connectivity index is 2.14. The van der Waals surface area contributed by atoms with E-state index in [9.17, 15) is 9.59 Å². The molecule has 2 aromatic carbocycles. The molecular weight excluding hydrogens is 316 g/mol. The minimum absolute atomic E-state index is 0.128. The molecule has 0 heterocycles. The summed E-state index contributed by atoms with van der Waals surface area (Å²) in [5, 5.41) is 2.81. The Morgan fingerprint density at radius 3 is 2.32 bits per heavy atom. The van der Waals surface area contributed by atoms with Crippen molar-refractivity contribution in [2.24, 2.45) is 0 Å². The lowest BCUT2D eigenvalue weighted by Crippen LogP contribution is -2.24. The molecule has 0 aliphatic rings. The lowest BCUT2D eigenvalue weighted by atomic mass is 10.1. The zero-order valence-electron chi connectivity index (χ0n) is 15.1. The summed E-state index contributed by atoms with van der Waals surface area (Å²) in [6, 6.07) is 13.9. The van der Waals surface area contributed by atoms with Gasteiger partial charge in [-0.3, -0.25) is 9.59 Å². The van der Waals surface area contributed by atoms with Crippen molar-refractivity contribution in [3.8, 4) is 5.75 Å². The molecule has 0 aliphatic heterocycles. The molecular formula is C20H24N2O3. The molecule has 5 heteroatoms. The SMILES string of the molecule is CCC(C)Oc1ccc(C(=O)Nc2ccccc2C(=O)N(C)C)cc1. The molecule has 1 unspecified atom stereocenters. The van der Waals surface area contributed by atoms with Crippen LogP contribution in [-0.2, 0) is 0 Å². The van der Waals surface area contributed by atoms with Crippen molar-refractivity contribution in [2.75, 3.05) is 19.4 Å². The molecule has 0 radical (unpaired) electrons. The summed E-state index contributed by atoms with van der Waals surface area (Å²) in [7, 11) is 3.36. The molecule has 2 amide bonds. The fraction of sp³-hybridized carbons (Fsp3) is 0.300. The summed E-state index contributed by atoms with van der Waals surface area (Å²) in [6.45, 7) is 4.05. The highest BCUT2D eigenvalue weighted by atomic mass is 16.5. The van der Waals surface area contributed by atoms with Crippen molar-refractivity contribution in [1.82, 2.24) is 4.90 Å². The monoisotopic (exact) mass is 340 g/mol. The van der Waals surface area contributed by atoms with E-state index in [-0.39, 0.29) is 17.9 Å². The Kier molecular flexibility index (Phi) is 6.17. The van der Waals surface area contributed by atoms with Gasteiger partial charge in [0, 0.05) is 19.7 Å². The predicted octanol–water partition coefficient (Wildman–Crippen LogP) is 3.82. The number of carbonyl (C=O) groups is 2. The Bertz CT molecular complexity index is 739. The van der Waals surface area contributed by atoms with Crippen molar-refractivity contribution < 1.29 is 14.3 Å². The zero-order valence-corrected chi connectivity index (χ0v) is 15.1. The smallest absolute Gasteiger partial charge is 0.255 e. The van der Waals surface area contributed by atoms with E-state index in [0.717, 1.165) is 12.2 Å². The van der Waals surface area contributed by atoms with Crippen LogP contribution in [-0.4, -0.2) is 36.9 Å². The van der Waals surface area contributed by atoms with Gasteiger partial charge in [0.1, 0.15) is 5.75 Å². The van der Waals surface area contributed by atoms with E-state index in [4.69, 9.17) is 4.74 Å². The Labute approximate surface area is 148 Å². The molecule has 132 valence electrons. The van der Waals surface area contributed by atoms with Crippen LogP contribution in [0.5, 0.6) is 5.75 Å². The summed E-state index contributed by atoms with van der Waals surface area (Å²) < 4.78 is 5.71. The van der Waals surface area contributed by atoms with Crippen LogP contribution in [0.1, 0.15) is 41.0 Å². The van der Waals surface area contributed by atoms with E-state index in [1.54, 1.807) is 62.6 Å². The van der Waals surface area contributed by atoms with Gasteiger partial charge in [-0.05, 0) is 49.7 Å². The van der Waals surface area contributed by atoms with Crippen LogP contribution in [0.15, 0.2) is 48.5 Å². The second-order valence-electron chi connectivity index (χ2n) is 6.06. The number of hydrogen-bond acceptors (Lipinski definition) is 3. The van der Waals surface area contributed by atoms with E-state index in [0.29, 0.717) is 16.8 Å². The van der Waals surface area contributed by atoms with Crippen LogP contribution in [0.4, 0.5) is 5.69 Å². The minimum atomic E-state index is -0.269. The highest BCUT2D eigenvalue weighted by Crippen LogP contribution is 2.19. The van der Waals surface area contributed by atoms with E-state index >= 15 is 0 Å². The fourth-order valence-corrected chi connectivity index (χ4v) is 2.21. The van der Waals surface area contributed by atoms with Crippen LogP contribution in [0, 0.1) is 0 Å². The first-order valence-electron chi connectivity index (χ1n) is 8.31. The van der Waals surface area contributed by atoms with Crippen molar-refractivity contribution in [1.29, 1.82) is 0 Å². The first-order valence-corrected chi connectivity index (χ1v) is 8.31. The van der Waals surface area contributed by atoms with Gasteiger partial charge in [-0.1, -0.05) is 19.1 Å². The Morgan fingerprint density at radius 2 is 1.72 bits per heavy atom. The number of amides is 2. The summed E-state index contributed by atoms with van der Waals surface area (Å²) in [4.78, 5) is 26.2. The van der Waals surface area contributed by atoms with Crippen molar-refractivity contribution in [2.45, 2.75) is 26.4 Å². The molecule has 0 bridgehead atoms. The molecule has 1 atom stereocenters. The van der Waals surface area contributed by atoms with Gasteiger partial charge in [0.25, 0.3) is 11.8 Å². The maximum atomic E-state index is 12.5. The van der Waals surface area contributed by atoms with Crippen molar-refractivity contribution in [3.05, 3.63) is 59.7 Å². The van der Waals surface area contributed by atoms with Crippen LogP contribution >= 0.6 is 0 Å². The van der Waals surface area contributed by atoms with Crippen LogP contribution < -0.4 is 10.1 Å². The van der Waals surface area contributed by atoms with Gasteiger partial charge < -0.3 is 15.0 Å². The van der Waals surface area contributed by atoms with Gasteiger partial charge in [-0.15, -0.1) is 0 Å². The van der Waals surface area contributed by atoms with Crippen LogP contribution in [0.2, 0.25) is 0 Å². The van der Waals surface area contributed by atoms with Gasteiger partial charge in [0.2, 0.25) is 0 Å². The number of para-hydroxylation sites is 1. The average molecular weight is 340 g/mol. The van der Waals surface area contributed by atoms with Gasteiger partial charge in [-0.25, -0.2) is 0 Å². The molecule has 0 aromatic heterocycles. The van der Waals surface area contributed by atoms with Gasteiger partial charge >= 0.3 is 0 Å². The molecule has 2 aromatic rings. The molecule has 0 aliphatic carbocycles. The van der Waals surface area contributed by atoms with Gasteiger partial charge in [0.15, 0.2) is 0 Å². The lowest BCUT2D eigenvalue weighted by Gasteiger charge is -2.15. The first kappa shape index (κ1) is 18.5. The molecule has 25 heavy (non-hydrogen) atoms. The summed E-state index contributed by atoms with van der Waals surface area (Å²) >= 11 is 0. The fourth-order valence-electron chi connectivity index (χ4n) is 2.21. The van der Waals surface area contributed by atoms with Crippen molar-refractivity contribution >= 4 is 17.5 Å². The number of nitrogens with zero attached hydrogens (tertiary/aromatic N) is 1. The largest absolute Gasteiger partial charge is 0.491 e. The number of benzene rings is 2. The molecule has 0 saturated heterocycles. The first-order chi connectivity index (χ1) is 11.9. The predicted molar refractivity (Wildman–Crippen MR) is 99.2 cm³/mol. The molecule has 2 rings (SSSR count). The second-order valence-corrected chi connectivity index (χ2v) is 6.06. The Morgan fingerprint density at radius 1 is 1.08 bits per heavy atom. The number of hydrogen-bond donors (Lipinski definition) is 1. The van der Waals surface area contributed by atoms with Gasteiger partial charge in [-0.2, -0.15) is 0 Å². The highest BCUT2D eigenvalue weighted by molar-refractivity contribution is 6.08. The third-order valence-corrected chi connectivity index (χ3v) is 3.84. The molecule has 1 N–H and O–H groups in total. The number of anilines is 1. The molecule has 0 fully saturated rings. The second kappa shape index (κ2) is 8.33. The number of rotatable bonds is 6. The van der Waals surface area contributed by atoms with Crippen LogP contribution in [0.25, 0.3) is 0 Å². The molecule has 0 saturated carbocycles. The third kappa shape index (κ3) is 4.83. The summed E-state index contributed by atoms with van der Waals surface area (Å²) in [5.41, 5.74) is 1.45. The van der Waals surface area contributed by atoms with Gasteiger partial charge in [0.05, 0.1) is 17.4 Å². The van der Waals surface area contributed by atoms with E-state index in [1.165, 1.54) is 4.90 Å². The quantitative estimate of drug-likeness (QED) is 0.870. The highest BCUT2D eigenvalue weighted by Gasteiger charge is 2.15. The third-order valence-electron chi connectivity index (χ3n) is 3.84. The summed E-state index contributed by atoms with van der Waals surface area (Å²) in [6.07, 6.45) is 1.04. The standard InChI is InChI=1S/C20H24N2O3/c1-5-14(2)25-16-12-10-15(11-13-16)19(23)21-18-9-7-6-8-17(18)20(24)22(3)4/h6-14H,5H2,1-4H3,(H,21,23). The maximum Gasteiger partial charge on any atom is 0.255 e. The van der Waals surface area contributed by atoms with E-state index < -0.39 is 0 Å². The lowest BCUT2D eigenvalue weighted by molar-refractivity contribution is 0.0828. The topological polar surface area (TPSA) is 58.6 Å². The maximum absolute atomic E-state index is 12.5. The number of ether oxygens (including phenoxy) is 1. The normalized spacial score (nSPS) is 11.5. The minimum Gasteiger partial charge on any atom is -0.491 e. The van der Waals surface area contributed by atoms with E-state index in [2.05, 4.69) is 12.2 Å². The van der Waals surface area contributed by atoms with E-state index in [1.807, 2.05) is 6.92 Å². The number of nitrogens with one attached hydrogen (secondary N) is 1.